The Morgan fingerprint density at radius 2 is 1.84 bits per heavy atom. The molecule has 0 aliphatic carbocycles. The summed E-state index contributed by atoms with van der Waals surface area (Å²) in [7, 11) is 1.81. The predicted octanol–water partition coefficient (Wildman–Crippen LogP) is 0.818. The first kappa shape index (κ1) is 13.8. The average Bonchev–Trinajstić information content (AvgIpc) is 2.45. The summed E-state index contributed by atoms with van der Waals surface area (Å²) in [5, 5.41) is 6.21. The molecule has 0 radical (unpaired) electrons. The van der Waals surface area contributed by atoms with Crippen LogP contribution in [0.5, 0.6) is 0 Å². The van der Waals surface area contributed by atoms with E-state index in [1.807, 2.05) is 7.05 Å². The van der Waals surface area contributed by atoms with E-state index >= 15 is 0 Å². The van der Waals surface area contributed by atoms with Gasteiger partial charge in [0, 0.05) is 26.7 Å². The summed E-state index contributed by atoms with van der Waals surface area (Å²) < 4.78 is 5.34. The van der Waals surface area contributed by atoms with Crippen LogP contribution in [0, 0.1) is 5.92 Å². The van der Waals surface area contributed by atoms with Crippen LogP contribution in [0.2, 0.25) is 0 Å². The maximum Gasteiger partial charge on any atom is 0.232 e. The van der Waals surface area contributed by atoms with Crippen LogP contribution in [0.25, 0.3) is 0 Å². The topological polar surface area (TPSA) is 75.2 Å². The highest BCUT2D eigenvalue weighted by Crippen LogP contribution is 2.14. The highest BCUT2D eigenvalue weighted by atomic mass is 16.5. The summed E-state index contributed by atoms with van der Waals surface area (Å²) in [6, 6.07) is 0. The molecule has 2 rings (SSSR count). The van der Waals surface area contributed by atoms with Crippen LogP contribution in [0.15, 0.2) is 0 Å². The van der Waals surface area contributed by atoms with E-state index in [9.17, 15) is 0 Å². The lowest BCUT2D eigenvalue weighted by Gasteiger charge is -2.27. The smallest absolute Gasteiger partial charge is 0.232 e. The lowest BCUT2D eigenvalue weighted by Crippen LogP contribution is -2.37. The SMILES string of the molecule is CNc1nc(NCC(C)C)nc(N2CCOCC2)n1. The number of rotatable bonds is 5. The molecule has 0 saturated carbocycles. The minimum atomic E-state index is 0.543. The Morgan fingerprint density at radius 3 is 2.47 bits per heavy atom. The summed E-state index contributed by atoms with van der Waals surface area (Å²) >= 11 is 0. The minimum Gasteiger partial charge on any atom is -0.378 e. The molecule has 7 nitrogen and oxygen atoms in total. The van der Waals surface area contributed by atoms with Gasteiger partial charge in [-0.15, -0.1) is 0 Å². The lowest BCUT2D eigenvalue weighted by molar-refractivity contribution is 0.122. The van der Waals surface area contributed by atoms with Gasteiger partial charge in [-0.05, 0) is 5.92 Å². The lowest BCUT2D eigenvalue weighted by atomic mass is 10.2. The quantitative estimate of drug-likeness (QED) is 0.817. The molecule has 1 aromatic heterocycles. The van der Waals surface area contributed by atoms with Gasteiger partial charge in [-0.2, -0.15) is 15.0 Å². The number of anilines is 3. The van der Waals surface area contributed by atoms with Crippen LogP contribution in [0.3, 0.4) is 0 Å². The number of hydrogen-bond acceptors (Lipinski definition) is 7. The molecule has 0 bridgehead atoms. The zero-order chi connectivity index (χ0) is 13.7. The number of morpholine rings is 1. The van der Waals surface area contributed by atoms with Crippen LogP contribution >= 0.6 is 0 Å². The van der Waals surface area contributed by atoms with E-state index in [-0.39, 0.29) is 0 Å². The minimum absolute atomic E-state index is 0.543. The number of nitrogens with one attached hydrogen (secondary N) is 2. The van der Waals surface area contributed by atoms with Gasteiger partial charge < -0.3 is 20.3 Å². The summed E-state index contributed by atoms with van der Waals surface area (Å²) in [5.74, 6) is 2.45. The molecule has 7 heteroatoms. The number of hydrogen-bond donors (Lipinski definition) is 2. The van der Waals surface area contributed by atoms with E-state index < -0.39 is 0 Å². The van der Waals surface area contributed by atoms with E-state index in [0.29, 0.717) is 23.8 Å². The van der Waals surface area contributed by atoms with Crippen LogP contribution in [0.1, 0.15) is 13.8 Å². The third-order valence-electron chi connectivity index (χ3n) is 2.81. The molecule has 1 saturated heterocycles. The van der Waals surface area contributed by atoms with Gasteiger partial charge >= 0.3 is 0 Å². The van der Waals surface area contributed by atoms with Gasteiger partial charge in [-0.1, -0.05) is 13.8 Å². The second-order valence-electron chi connectivity index (χ2n) is 4.91. The van der Waals surface area contributed by atoms with E-state index in [1.165, 1.54) is 0 Å². The number of aromatic nitrogens is 3. The van der Waals surface area contributed by atoms with E-state index in [4.69, 9.17) is 4.74 Å². The zero-order valence-electron chi connectivity index (χ0n) is 11.8. The molecule has 1 aliphatic rings. The fourth-order valence-corrected chi connectivity index (χ4v) is 1.76. The Bertz CT molecular complexity index is 405. The van der Waals surface area contributed by atoms with Crippen molar-refractivity contribution in [3.8, 4) is 0 Å². The fraction of sp³-hybridized carbons (Fsp3) is 0.750. The van der Waals surface area contributed by atoms with Crippen molar-refractivity contribution in [1.82, 2.24) is 15.0 Å². The average molecular weight is 266 g/mol. The van der Waals surface area contributed by atoms with Crippen molar-refractivity contribution in [2.45, 2.75) is 13.8 Å². The standard InChI is InChI=1S/C12H22N6O/c1-9(2)8-14-11-15-10(13-3)16-12(17-11)18-4-6-19-7-5-18/h9H,4-8H2,1-3H3,(H2,13,14,15,16,17). The van der Waals surface area contributed by atoms with Gasteiger partial charge in [0.1, 0.15) is 0 Å². The van der Waals surface area contributed by atoms with Crippen LogP contribution < -0.4 is 15.5 Å². The molecule has 1 fully saturated rings. The zero-order valence-corrected chi connectivity index (χ0v) is 11.8. The molecule has 2 N–H and O–H groups in total. The molecule has 2 heterocycles. The van der Waals surface area contributed by atoms with Crippen LogP contribution in [0.4, 0.5) is 17.8 Å². The second-order valence-corrected chi connectivity index (χ2v) is 4.91. The Labute approximate surface area is 113 Å². The summed E-state index contributed by atoms with van der Waals surface area (Å²) in [6.45, 7) is 8.21. The van der Waals surface area contributed by atoms with Gasteiger partial charge in [0.05, 0.1) is 13.2 Å². The summed E-state index contributed by atoms with van der Waals surface area (Å²) in [5.41, 5.74) is 0. The van der Waals surface area contributed by atoms with Crippen molar-refractivity contribution < 1.29 is 4.74 Å². The first-order chi connectivity index (χ1) is 9.19. The normalized spacial score (nSPS) is 15.7. The fourth-order valence-electron chi connectivity index (χ4n) is 1.76. The van der Waals surface area contributed by atoms with Gasteiger partial charge in [0.2, 0.25) is 17.8 Å². The molecule has 1 aromatic rings. The van der Waals surface area contributed by atoms with Gasteiger partial charge in [-0.3, -0.25) is 0 Å². The third-order valence-corrected chi connectivity index (χ3v) is 2.81. The number of ether oxygens (including phenoxy) is 1. The maximum absolute atomic E-state index is 5.34. The third kappa shape index (κ3) is 3.92. The van der Waals surface area contributed by atoms with Gasteiger partial charge in [0.15, 0.2) is 0 Å². The summed E-state index contributed by atoms with van der Waals surface area (Å²) in [6.07, 6.45) is 0. The Balaban J connectivity index is 2.14. The van der Waals surface area contributed by atoms with E-state index in [2.05, 4.69) is 44.3 Å². The second kappa shape index (κ2) is 6.51. The highest BCUT2D eigenvalue weighted by molar-refractivity contribution is 5.43. The van der Waals surface area contributed by atoms with Gasteiger partial charge in [-0.25, -0.2) is 0 Å². The van der Waals surface area contributed by atoms with Crippen LogP contribution in [-0.2, 0) is 4.74 Å². The maximum atomic E-state index is 5.34. The van der Waals surface area contributed by atoms with Crippen molar-refractivity contribution in [3.63, 3.8) is 0 Å². The monoisotopic (exact) mass is 266 g/mol. The van der Waals surface area contributed by atoms with Crippen molar-refractivity contribution in [3.05, 3.63) is 0 Å². The molecular formula is C12H22N6O. The molecule has 0 atom stereocenters. The van der Waals surface area contributed by atoms with Crippen molar-refractivity contribution in [2.24, 2.45) is 5.92 Å². The molecule has 19 heavy (non-hydrogen) atoms. The van der Waals surface area contributed by atoms with E-state index in [1.54, 1.807) is 0 Å². The Hall–Kier alpha value is -1.63. The largest absolute Gasteiger partial charge is 0.378 e. The van der Waals surface area contributed by atoms with Crippen molar-refractivity contribution >= 4 is 17.8 Å². The number of nitrogens with zero attached hydrogens (tertiary/aromatic N) is 4. The molecule has 0 unspecified atom stereocenters. The Kier molecular flexibility index (Phi) is 4.73. The van der Waals surface area contributed by atoms with Crippen LogP contribution in [-0.4, -0.2) is 54.8 Å². The molecular weight excluding hydrogens is 244 g/mol. The van der Waals surface area contributed by atoms with Crippen molar-refractivity contribution in [1.29, 1.82) is 0 Å². The van der Waals surface area contributed by atoms with Crippen molar-refractivity contribution in [2.75, 3.05) is 55.4 Å². The Morgan fingerprint density at radius 1 is 1.16 bits per heavy atom. The summed E-state index contributed by atoms with van der Waals surface area (Å²) in [4.78, 5) is 15.3. The van der Waals surface area contributed by atoms with Gasteiger partial charge in [0.25, 0.3) is 0 Å². The molecule has 106 valence electrons. The molecule has 0 aromatic carbocycles. The first-order valence-electron chi connectivity index (χ1n) is 6.69. The molecule has 1 aliphatic heterocycles. The molecule has 0 amide bonds. The highest BCUT2D eigenvalue weighted by Gasteiger charge is 2.16. The first-order valence-corrected chi connectivity index (χ1v) is 6.69. The van der Waals surface area contributed by atoms with E-state index in [0.717, 1.165) is 32.8 Å². The predicted molar refractivity (Wildman–Crippen MR) is 75.7 cm³/mol. The molecule has 0 spiro atoms.